The van der Waals surface area contributed by atoms with Gasteiger partial charge in [-0.3, -0.25) is 4.79 Å². The zero-order valence-corrected chi connectivity index (χ0v) is 15.0. The first-order valence-electron chi connectivity index (χ1n) is 8.14. The Morgan fingerprint density at radius 3 is 2.68 bits per heavy atom. The number of ether oxygens (including phenoxy) is 1. The van der Waals surface area contributed by atoms with E-state index in [2.05, 4.69) is 36.3 Å². The van der Waals surface area contributed by atoms with Gasteiger partial charge in [0.05, 0.1) is 4.88 Å². The van der Waals surface area contributed by atoms with E-state index in [1.165, 1.54) is 16.9 Å². The summed E-state index contributed by atoms with van der Waals surface area (Å²) in [4.78, 5) is 17.0. The quantitative estimate of drug-likeness (QED) is 0.671. The molecule has 2 heterocycles. The topological polar surface area (TPSA) is 51.2 Å². The van der Waals surface area contributed by atoms with Gasteiger partial charge in [0.2, 0.25) is 0 Å². The smallest absolute Gasteiger partial charge is 0.266 e. The van der Waals surface area contributed by atoms with Crippen molar-refractivity contribution in [1.82, 2.24) is 4.98 Å². The molecule has 128 valence electrons. The van der Waals surface area contributed by atoms with Crippen LogP contribution in [-0.2, 0) is 6.61 Å². The minimum Gasteiger partial charge on any atom is -0.489 e. The second-order valence-corrected chi connectivity index (χ2v) is 6.91. The summed E-state index contributed by atoms with van der Waals surface area (Å²) in [5.41, 5.74) is 2.26. The third-order valence-electron chi connectivity index (χ3n) is 3.74. The van der Waals surface area contributed by atoms with Crippen LogP contribution < -0.4 is 10.1 Å². The monoisotopic (exact) mass is 352 g/mol. The number of amides is 1. The number of carbonyl (C=O) groups excluding carboxylic acids is 1. The largest absolute Gasteiger partial charge is 0.489 e. The number of pyridine rings is 1. The van der Waals surface area contributed by atoms with Gasteiger partial charge in [0, 0.05) is 11.8 Å². The van der Waals surface area contributed by atoms with Gasteiger partial charge >= 0.3 is 0 Å². The second kappa shape index (κ2) is 7.94. The maximum atomic E-state index is 12.2. The van der Waals surface area contributed by atoms with Crippen LogP contribution in [0, 0.1) is 0 Å². The summed E-state index contributed by atoms with van der Waals surface area (Å²) in [7, 11) is 0. The summed E-state index contributed by atoms with van der Waals surface area (Å²) in [6, 6.07) is 15.4. The maximum absolute atomic E-state index is 12.2. The van der Waals surface area contributed by atoms with E-state index in [0.29, 0.717) is 23.2 Å². The molecule has 25 heavy (non-hydrogen) atoms. The number of hydrogen-bond donors (Lipinski definition) is 1. The maximum Gasteiger partial charge on any atom is 0.266 e. The summed E-state index contributed by atoms with van der Waals surface area (Å²) >= 11 is 1.40. The molecule has 0 aliphatic rings. The molecule has 3 aromatic rings. The highest BCUT2D eigenvalue weighted by Crippen LogP contribution is 2.21. The van der Waals surface area contributed by atoms with Crippen molar-refractivity contribution in [3.05, 3.63) is 76.1 Å². The molecule has 1 N–H and O–H groups in total. The van der Waals surface area contributed by atoms with Gasteiger partial charge in [0.15, 0.2) is 0 Å². The highest BCUT2D eigenvalue weighted by molar-refractivity contribution is 7.12. The van der Waals surface area contributed by atoms with E-state index in [9.17, 15) is 4.79 Å². The van der Waals surface area contributed by atoms with Crippen LogP contribution in [0.15, 0.2) is 60.1 Å². The van der Waals surface area contributed by atoms with E-state index in [1.807, 2.05) is 35.7 Å². The molecule has 2 aromatic heterocycles. The summed E-state index contributed by atoms with van der Waals surface area (Å²) in [6.07, 6.45) is 1.65. The molecule has 5 heteroatoms. The number of thiophene rings is 1. The zero-order valence-electron chi connectivity index (χ0n) is 14.2. The number of hydrogen-bond acceptors (Lipinski definition) is 4. The summed E-state index contributed by atoms with van der Waals surface area (Å²) in [6.45, 7) is 4.77. The standard InChI is InChI=1S/C20H20N2O2S/c1-14(2)16-6-8-17(9-7-16)24-12-15-11-18(25-13-15)20(23)22-19-5-3-4-10-21-19/h3-11,13-14H,12H2,1-2H3,(H,21,22,23). The van der Waals surface area contributed by atoms with Crippen molar-refractivity contribution in [2.75, 3.05) is 5.32 Å². The van der Waals surface area contributed by atoms with Gasteiger partial charge < -0.3 is 10.1 Å². The fourth-order valence-electron chi connectivity index (χ4n) is 2.30. The molecule has 1 aromatic carbocycles. The Balaban J connectivity index is 1.57. The molecular formula is C20H20N2O2S. The summed E-state index contributed by atoms with van der Waals surface area (Å²) in [5.74, 6) is 1.72. The Morgan fingerprint density at radius 2 is 2.00 bits per heavy atom. The van der Waals surface area contributed by atoms with Crippen LogP contribution >= 0.6 is 11.3 Å². The molecule has 0 aliphatic heterocycles. The first-order chi connectivity index (χ1) is 12.1. The van der Waals surface area contributed by atoms with Gasteiger partial charge in [-0.1, -0.05) is 32.0 Å². The van der Waals surface area contributed by atoms with E-state index in [-0.39, 0.29) is 5.91 Å². The fourth-order valence-corrected chi connectivity index (χ4v) is 3.09. The van der Waals surface area contributed by atoms with Crippen molar-refractivity contribution >= 4 is 23.1 Å². The lowest BCUT2D eigenvalue weighted by molar-refractivity contribution is 0.103. The van der Waals surface area contributed by atoms with Crippen LogP contribution in [-0.4, -0.2) is 10.9 Å². The minimum atomic E-state index is -0.156. The molecular weight excluding hydrogens is 332 g/mol. The summed E-state index contributed by atoms with van der Waals surface area (Å²) < 4.78 is 5.80. The number of aromatic nitrogens is 1. The molecule has 0 bridgehead atoms. The first kappa shape index (κ1) is 17.2. The highest BCUT2D eigenvalue weighted by atomic mass is 32.1. The molecule has 4 nitrogen and oxygen atoms in total. The van der Waals surface area contributed by atoms with E-state index in [4.69, 9.17) is 4.74 Å². The molecule has 0 fully saturated rings. The van der Waals surface area contributed by atoms with Crippen LogP contribution in [0.4, 0.5) is 5.82 Å². The van der Waals surface area contributed by atoms with Crippen molar-refractivity contribution in [1.29, 1.82) is 0 Å². The summed E-state index contributed by atoms with van der Waals surface area (Å²) in [5, 5.41) is 4.72. The van der Waals surface area contributed by atoms with Gasteiger partial charge in [-0.25, -0.2) is 4.98 Å². The molecule has 0 saturated carbocycles. The lowest BCUT2D eigenvalue weighted by Crippen LogP contribution is -2.11. The zero-order chi connectivity index (χ0) is 17.6. The first-order valence-corrected chi connectivity index (χ1v) is 9.02. The van der Waals surface area contributed by atoms with E-state index in [0.717, 1.165) is 11.3 Å². The predicted octanol–water partition coefficient (Wildman–Crippen LogP) is 5.10. The number of nitrogens with one attached hydrogen (secondary N) is 1. The molecule has 0 unspecified atom stereocenters. The molecule has 0 spiro atoms. The second-order valence-electron chi connectivity index (χ2n) is 6.00. The lowest BCUT2D eigenvalue weighted by Gasteiger charge is -2.08. The lowest BCUT2D eigenvalue weighted by atomic mass is 10.0. The number of rotatable bonds is 6. The van der Waals surface area contributed by atoms with Crippen LogP contribution in [0.25, 0.3) is 0 Å². The van der Waals surface area contributed by atoms with Crippen molar-refractivity contribution in [3.8, 4) is 5.75 Å². The Kier molecular flexibility index (Phi) is 5.46. The van der Waals surface area contributed by atoms with E-state index in [1.54, 1.807) is 12.3 Å². The van der Waals surface area contributed by atoms with Gasteiger partial charge in [-0.15, -0.1) is 11.3 Å². The Hall–Kier alpha value is -2.66. The average Bonchev–Trinajstić information content (AvgIpc) is 3.10. The normalized spacial score (nSPS) is 10.7. The van der Waals surface area contributed by atoms with Gasteiger partial charge in [0.1, 0.15) is 18.2 Å². The Bertz CT molecular complexity index is 826. The van der Waals surface area contributed by atoms with Gasteiger partial charge in [0.25, 0.3) is 5.91 Å². The van der Waals surface area contributed by atoms with Crippen molar-refractivity contribution in [3.63, 3.8) is 0 Å². The van der Waals surface area contributed by atoms with Crippen molar-refractivity contribution in [2.45, 2.75) is 26.4 Å². The number of carbonyl (C=O) groups is 1. The molecule has 0 atom stereocenters. The Labute approximate surface area is 151 Å². The van der Waals surface area contributed by atoms with Gasteiger partial charge in [-0.2, -0.15) is 0 Å². The molecule has 0 saturated heterocycles. The highest BCUT2D eigenvalue weighted by Gasteiger charge is 2.10. The fraction of sp³-hybridized carbons (Fsp3) is 0.200. The SMILES string of the molecule is CC(C)c1ccc(OCc2csc(C(=O)Nc3ccccn3)c2)cc1. The molecule has 3 rings (SSSR count). The van der Waals surface area contributed by atoms with Crippen LogP contribution in [0.2, 0.25) is 0 Å². The van der Waals surface area contributed by atoms with Crippen molar-refractivity contribution < 1.29 is 9.53 Å². The van der Waals surface area contributed by atoms with E-state index < -0.39 is 0 Å². The van der Waals surface area contributed by atoms with Crippen LogP contribution in [0.3, 0.4) is 0 Å². The van der Waals surface area contributed by atoms with E-state index >= 15 is 0 Å². The number of nitrogens with zero attached hydrogens (tertiary/aromatic N) is 1. The van der Waals surface area contributed by atoms with Crippen molar-refractivity contribution in [2.24, 2.45) is 0 Å². The van der Waals surface area contributed by atoms with Crippen LogP contribution in [0.5, 0.6) is 5.75 Å². The number of benzene rings is 1. The van der Waals surface area contributed by atoms with Gasteiger partial charge in [-0.05, 0) is 47.2 Å². The molecule has 0 aliphatic carbocycles. The van der Waals surface area contributed by atoms with Crippen LogP contribution in [0.1, 0.15) is 40.6 Å². The minimum absolute atomic E-state index is 0.156. The molecule has 0 radical (unpaired) electrons. The predicted molar refractivity (Wildman–Crippen MR) is 101 cm³/mol. The number of anilines is 1. The third kappa shape index (κ3) is 4.67. The Morgan fingerprint density at radius 1 is 1.20 bits per heavy atom. The average molecular weight is 352 g/mol. The third-order valence-corrected chi connectivity index (χ3v) is 4.71. The molecule has 1 amide bonds.